The van der Waals surface area contributed by atoms with Gasteiger partial charge >= 0.3 is 0 Å². The number of likely N-dealkylation sites (tertiary alicyclic amines) is 1. The second kappa shape index (κ2) is 12.2. The molecule has 2 unspecified atom stereocenters. The van der Waals surface area contributed by atoms with Crippen molar-refractivity contribution >= 4 is 0 Å². The molecule has 1 heterocycles. The zero-order chi connectivity index (χ0) is 17.1. The molecule has 0 saturated carbocycles. The van der Waals surface area contributed by atoms with Crippen LogP contribution < -0.4 is 0 Å². The van der Waals surface area contributed by atoms with Crippen LogP contribution in [0.15, 0.2) is 0 Å². The standard InChI is InChI=1S/C18H37NO4/c1-2-3-4-5-6-7-8-9-10-11-12-19-13-16(21)18(23)17(22)15(19)14-20/h15-18,20-23H,2-14H2,1H3/t15?,16?,17-,18-/m1/s1. The zero-order valence-corrected chi connectivity index (χ0v) is 14.7. The number of piperidine rings is 1. The van der Waals surface area contributed by atoms with E-state index in [-0.39, 0.29) is 6.61 Å². The molecule has 0 aliphatic carbocycles. The van der Waals surface area contributed by atoms with Crippen LogP contribution >= 0.6 is 0 Å². The maximum absolute atomic E-state index is 9.93. The Labute approximate surface area is 141 Å². The topological polar surface area (TPSA) is 84.2 Å². The fourth-order valence-electron chi connectivity index (χ4n) is 3.44. The Morgan fingerprint density at radius 1 is 0.783 bits per heavy atom. The zero-order valence-electron chi connectivity index (χ0n) is 14.7. The molecule has 0 bridgehead atoms. The first kappa shape index (κ1) is 20.8. The number of hydrogen-bond donors (Lipinski definition) is 4. The van der Waals surface area contributed by atoms with Crippen LogP contribution in [0.4, 0.5) is 0 Å². The first-order valence-corrected chi connectivity index (χ1v) is 9.51. The second-order valence-corrected chi connectivity index (χ2v) is 6.98. The summed E-state index contributed by atoms with van der Waals surface area (Å²) in [6, 6.07) is -0.466. The van der Waals surface area contributed by atoms with Crippen molar-refractivity contribution in [3.05, 3.63) is 0 Å². The fourth-order valence-corrected chi connectivity index (χ4v) is 3.44. The number of aliphatic hydroxyl groups excluding tert-OH is 4. The smallest absolute Gasteiger partial charge is 0.109 e. The van der Waals surface area contributed by atoms with Gasteiger partial charge in [-0.25, -0.2) is 0 Å². The Morgan fingerprint density at radius 2 is 1.30 bits per heavy atom. The van der Waals surface area contributed by atoms with Crippen LogP contribution in [0.1, 0.15) is 71.1 Å². The van der Waals surface area contributed by atoms with Crippen molar-refractivity contribution in [3.63, 3.8) is 0 Å². The van der Waals surface area contributed by atoms with Gasteiger partial charge in [-0.1, -0.05) is 64.7 Å². The van der Waals surface area contributed by atoms with E-state index in [1.807, 2.05) is 4.90 Å². The van der Waals surface area contributed by atoms with Crippen molar-refractivity contribution in [3.8, 4) is 0 Å². The molecule has 0 amide bonds. The predicted octanol–water partition coefficient (Wildman–Crippen LogP) is 1.67. The lowest BCUT2D eigenvalue weighted by Crippen LogP contribution is -2.62. The fraction of sp³-hybridized carbons (Fsp3) is 1.00. The van der Waals surface area contributed by atoms with Gasteiger partial charge in [-0.2, -0.15) is 0 Å². The molecule has 1 saturated heterocycles. The number of β-amino-alcohol motifs (C(OH)–C–C–N with tert-alkyl or cyclic N) is 1. The van der Waals surface area contributed by atoms with E-state index in [0.717, 1.165) is 19.4 Å². The minimum atomic E-state index is -1.16. The van der Waals surface area contributed by atoms with E-state index in [1.165, 1.54) is 51.4 Å². The molecule has 138 valence electrons. The van der Waals surface area contributed by atoms with Crippen molar-refractivity contribution in [2.24, 2.45) is 0 Å². The predicted molar refractivity (Wildman–Crippen MR) is 92.3 cm³/mol. The van der Waals surface area contributed by atoms with Gasteiger partial charge in [-0.05, 0) is 13.0 Å². The number of rotatable bonds is 12. The Balaban J connectivity index is 2.08. The van der Waals surface area contributed by atoms with Crippen molar-refractivity contribution in [2.75, 3.05) is 19.7 Å². The number of unbranched alkanes of at least 4 members (excludes halogenated alkanes) is 9. The van der Waals surface area contributed by atoms with Gasteiger partial charge in [-0.3, -0.25) is 4.90 Å². The van der Waals surface area contributed by atoms with Gasteiger partial charge in [0.25, 0.3) is 0 Å². The highest BCUT2D eigenvalue weighted by Gasteiger charge is 2.40. The summed E-state index contributed by atoms with van der Waals surface area (Å²) in [6.07, 6.45) is 9.51. The summed E-state index contributed by atoms with van der Waals surface area (Å²) in [6.45, 7) is 3.12. The van der Waals surface area contributed by atoms with Crippen LogP contribution in [0.25, 0.3) is 0 Å². The van der Waals surface area contributed by atoms with Gasteiger partial charge in [0.1, 0.15) is 12.2 Å². The summed E-state index contributed by atoms with van der Waals surface area (Å²) in [4.78, 5) is 1.91. The molecule has 0 aromatic rings. The molecule has 23 heavy (non-hydrogen) atoms. The quantitative estimate of drug-likeness (QED) is 0.409. The van der Waals surface area contributed by atoms with E-state index in [2.05, 4.69) is 6.92 Å². The molecule has 1 fully saturated rings. The lowest BCUT2D eigenvalue weighted by Gasteiger charge is -2.43. The van der Waals surface area contributed by atoms with Crippen molar-refractivity contribution < 1.29 is 20.4 Å². The Bertz CT molecular complexity index is 290. The minimum Gasteiger partial charge on any atom is -0.395 e. The lowest BCUT2D eigenvalue weighted by atomic mass is 9.94. The highest BCUT2D eigenvalue weighted by Crippen LogP contribution is 2.20. The van der Waals surface area contributed by atoms with Crippen molar-refractivity contribution in [1.82, 2.24) is 4.90 Å². The Morgan fingerprint density at radius 3 is 1.83 bits per heavy atom. The summed E-state index contributed by atoms with van der Waals surface area (Å²) in [5.41, 5.74) is 0. The maximum atomic E-state index is 9.93. The van der Waals surface area contributed by atoms with Crippen LogP contribution in [0.5, 0.6) is 0 Å². The normalized spacial score (nSPS) is 29.1. The molecular weight excluding hydrogens is 294 g/mol. The number of aliphatic hydroxyl groups is 4. The van der Waals surface area contributed by atoms with Crippen LogP contribution in [0.3, 0.4) is 0 Å². The average Bonchev–Trinajstić information content (AvgIpc) is 2.54. The molecule has 0 radical (unpaired) electrons. The third kappa shape index (κ3) is 7.48. The molecule has 0 aromatic carbocycles. The van der Waals surface area contributed by atoms with Gasteiger partial charge in [0.15, 0.2) is 0 Å². The van der Waals surface area contributed by atoms with Crippen LogP contribution in [-0.2, 0) is 0 Å². The molecular formula is C18H37NO4. The lowest BCUT2D eigenvalue weighted by molar-refractivity contribution is -0.145. The van der Waals surface area contributed by atoms with E-state index in [0.29, 0.717) is 6.54 Å². The summed E-state index contributed by atoms with van der Waals surface area (Å²) in [5, 5.41) is 38.8. The third-order valence-electron chi connectivity index (χ3n) is 5.01. The van der Waals surface area contributed by atoms with E-state index in [4.69, 9.17) is 0 Å². The maximum Gasteiger partial charge on any atom is 0.109 e. The molecule has 5 nitrogen and oxygen atoms in total. The minimum absolute atomic E-state index is 0.192. The first-order valence-electron chi connectivity index (χ1n) is 9.51. The molecule has 0 spiro atoms. The van der Waals surface area contributed by atoms with Gasteiger partial charge in [0, 0.05) is 6.54 Å². The molecule has 0 aromatic heterocycles. The molecule has 1 aliphatic rings. The summed E-state index contributed by atoms with van der Waals surface area (Å²) >= 11 is 0. The average molecular weight is 331 g/mol. The third-order valence-corrected chi connectivity index (χ3v) is 5.01. The highest BCUT2D eigenvalue weighted by molar-refractivity contribution is 4.93. The van der Waals surface area contributed by atoms with Crippen molar-refractivity contribution in [2.45, 2.75) is 95.5 Å². The molecule has 5 heteroatoms. The van der Waals surface area contributed by atoms with E-state index in [1.54, 1.807) is 0 Å². The Kier molecular flexibility index (Phi) is 11.1. The van der Waals surface area contributed by atoms with Crippen LogP contribution in [0.2, 0.25) is 0 Å². The second-order valence-electron chi connectivity index (χ2n) is 6.98. The van der Waals surface area contributed by atoms with Gasteiger partial charge in [0.05, 0.1) is 18.8 Å². The monoisotopic (exact) mass is 331 g/mol. The number of nitrogens with zero attached hydrogens (tertiary/aromatic N) is 1. The summed E-state index contributed by atoms with van der Waals surface area (Å²) in [7, 11) is 0. The van der Waals surface area contributed by atoms with Gasteiger partial charge in [-0.15, -0.1) is 0 Å². The molecule has 1 aliphatic heterocycles. The highest BCUT2D eigenvalue weighted by atomic mass is 16.4. The Hall–Kier alpha value is -0.200. The molecule has 1 rings (SSSR count). The van der Waals surface area contributed by atoms with E-state index < -0.39 is 24.4 Å². The SMILES string of the molecule is CCCCCCCCCCCCN1CC(O)[C@@H](O)[C@H](O)C1CO. The molecule has 4 N–H and O–H groups in total. The van der Waals surface area contributed by atoms with Crippen molar-refractivity contribution in [1.29, 1.82) is 0 Å². The van der Waals surface area contributed by atoms with Gasteiger partial charge in [0.2, 0.25) is 0 Å². The van der Waals surface area contributed by atoms with Gasteiger partial charge < -0.3 is 20.4 Å². The number of hydrogen-bond acceptors (Lipinski definition) is 5. The van der Waals surface area contributed by atoms with E-state index in [9.17, 15) is 20.4 Å². The molecule has 4 atom stereocenters. The largest absolute Gasteiger partial charge is 0.395 e. The summed E-state index contributed by atoms with van der Waals surface area (Å²) < 4.78 is 0. The van der Waals surface area contributed by atoms with E-state index >= 15 is 0 Å². The summed E-state index contributed by atoms with van der Waals surface area (Å²) in [5.74, 6) is 0. The first-order chi connectivity index (χ1) is 11.1. The van der Waals surface area contributed by atoms with Crippen LogP contribution in [0, 0.1) is 0 Å². The van der Waals surface area contributed by atoms with Crippen LogP contribution in [-0.4, -0.2) is 69.4 Å².